The highest BCUT2D eigenvalue weighted by Crippen LogP contribution is 2.04. The van der Waals surface area contributed by atoms with Gasteiger partial charge < -0.3 is 5.73 Å². The van der Waals surface area contributed by atoms with Gasteiger partial charge in [0.1, 0.15) is 5.82 Å². The molecule has 3 nitrogen and oxygen atoms in total. The summed E-state index contributed by atoms with van der Waals surface area (Å²) in [6.07, 6.45) is 3.51. The van der Waals surface area contributed by atoms with Crippen LogP contribution in [0, 0.1) is 6.92 Å². The predicted molar refractivity (Wildman–Crippen MR) is 53.9 cm³/mol. The van der Waals surface area contributed by atoms with E-state index in [1.807, 2.05) is 13.8 Å². The number of hydrogen-bond donors (Lipinski definition) is 1. The van der Waals surface area contributed by atoms with Gasteiger partial charge in [0.25, 0.3) is 0 Å². The first-order valence-electron chi connectivity index (χ1n) is 3.24. The summed E-state index contributed by atoms with van der Waals surface area (Å²) in [5, 5.41) is 0. The second kappa shape index (κ2) is 6.17. The fourth-order valence-electron chi connectivity index (χ4n) is 0.638. The van der Waals surface area contributed by atoms with Crippen LogP contribution in [-0.2, 0) is 0 Å². The van der Waals surface area contributed by atoms with E-state index in [2.05, 4.69) is 9.97 Å². The van der Waals surface area contributed by atoms with Gasteiger partial charge in [-0.1, -0.05) is 0 Å². The Morgan fingerprint density at radius 2 is 1.67 bits per heavy atom. The second-order valence-electron chi connectivity index (χ2n) is 2.35. The van der Waals surface area contributed by atoms with Gasteiger partial charge in [-0.25, -0.2) is 9.97 Å². The molecule has 5 heteroatoms. The molecule has 0 spiro atoms. The molecule has 0 fully saturated rings. The maximum Gasteiger partial charge on any atom is 0.125 e. The lowest BCUT2D eigenvalue weighted by molar-refractivity contribution is 0.797. The van der Waals surface area contributed by atoms with Crippen molar-refractivity contribution in [2.75, 3.05) is 0 Å². The van der Waals surface area contributed by atoms with Gasteiger partial charge in [-0.15, -0.1) is 24.8 Å². The van der Waals surface area contributed by atoms with E-state index >= 15 is 0 Å². The number of hydrogen-bond acceptors (Lipinski definition) is 3. The molecule has 0 radical (unpaired) electrons. The Balaban J connectivity index is 0. The summed E-state index contributed by atoms with van der Waals surface area (Å²) in [7, 11) is 0. The van der Waals surface area contributed by atoms with Crippen molar-refractivity contribution in [1.82, 2.24) is 9.97 Å². The highest BCUT2D eigenvalue weighted by atomic mass is 35.5. The minimum atomic E-state index is 0. The van der Waals surface area contributed by atoms with Crippen molar-refractivity contribution < 1.29 is 0 Å². The molecule has 0 amide bonds. The minimum Gasteiger partial charge on any atom is -0.324 e. The third kappa shape index (κ3) is 3.85. The molecule has 70 valence electrons. The number of halogens is 2. The van der Waals surface area contributed by atoms with Gasteiger partial charge in [-0.3, -0.25) is 0 Å². The molecule has 0 aliphatic heterocycles. The Hall–Kier alpha value is -0.380. The average molecular weight is 210 g/mol. The Labute approximate surface area is 84.6 Å². The summed E-state index contributed by atoms with van der Waals surface area (Å²) < 4.78 is 0. The van der Waals surface area contributed by atoms with Crippen molar-refractivity contribution in [1.29, 1.82) is 0 Å². The van der Waals surface area contributed by atoms with Crippen LogP contribution < -0.4 is 5.73 Å². The van der Waals surface area contributed by atoms with E-state index in [1.54, 1.807) is 12.4 Å². The van der Waals surface area contributed by atoms with E-state index in [9.17, 15) is 0 Å². The monoisotopic (exact) mass is 209 g/mol. The van der Waals surface area contributed by atoms with Gasteiger partial charge in [-0.05, 0) is 13.8 Å². The number of aromatic nitrogens is 2. The van der Waals surface area contributed by atoms with Crippen molar-refractivity contribution in [2.24, 2.45) is 5.73 Å². The highest BCUT2D eigenvalue weighted by molar-refractivity contribution is 5.85. The zero-order valence-electron chi connectivity index (χ0n) is 7.02. The van der Waals surface area contributed by atoms with Gasteiger partial charge in [0.15, 0.2) is 0 Å². The van der Waals surface area contributed by atoms with E-state index in [-0.39, 0.29) is 30.9 Å². The molecule has 1 unspecified atom stereocenters. The van der Waals surface area contributed by atoms with Crippen LogP contribution in [0.5, 0.6) is 0 Å². The highest BCUT2D eigenvalue weighted by Gasteiger charge is 1.97. The maximum absolute atomic E-state index is 5.58. The molecular formula is C7H13Cl2N3. The van der Waals surface area contributed by atoms with Gasteiger partial charge >= 0.3 is 0 Å². The number of nitrogens with two attached hydrogens (primary N) is 1. The fraction of sp³-hybridized carbons (Fsp3) is 0.429. The van der Waals surface area contributed by atoms with E-state index in [0.29, 0.717) is 0 Å². The number of rotatable bonds is 1. The summed E-state index contributed by atoms with van der Waals surface area (Å²) in [5.74, 6) is 0.782. The topological polar surface area (TPSA) is 51.8 Å². The van der Waals surface area contributed by atoms with Gasteiger partial charge in [-0.2, -0.15) is 0 Å². The van der Waals surface area contributed by atoms with Crippen LogP contribution in [0.15, 0.2) is 12.4 Å². The van der Waals surface area contributed by atoms with Crippen molar-refractivity contribution in [2.45, 2.75) is 19.9 Å². The third-order valence-corrected chi connectivity index (χ3v) is 1.33. The van der Waals surface area contributed by atoms with E-state index < -0.39 is 0 Å². The first-order chi connectivity index (χ1) is 4.70. The van der Waals surface area contributed by atoms with Crippen molar-refractivity contribution in [3.63, 3.8) is 0 Å². The summed E-state index contributed by atoms with van der Waals surface area (Å²) in [6.45, 7) is 3.76. The normalized spacial score (nSPS) is 10.9. The molecule has 0 saturated heterocycles. The van der Waals surface area contributed by atoms with Crippen LogP contribution in [0.3, 0.4) is 0 Å². The molecule has 1 heterocycles. The van der Waals surface area contributed by atoms with Crippen molar-refractivity contribution in [3.05, 3.63) is 23.8 Å². The molecule has 0 aromatic carbocycles. The molecule has 1 aromatic heterocycles. The molecule has 0 bridgehead atoms. The molecule has 1 rings (SSSR count). The van der Waals surface area contributed by atoms with Crippen LogP contribution in [-0.4, -0.2) is 9.97 Å². The largest absolute Gasteiger partial charge is 0.324 e. The van der Waals surface area contributed by atoms with Crippen molar-refractivity contribution >= 4 is 24.8 Å². The molecule has 1 aromatic rings. The lowest BCUT2D eigenvalue weighted by Gasteiger charge is -2.02. The number of aryl methyl sites for hydroxylation is 1. The summed E-state index contributed by atoms with van der Waals surface area (Å²) in [6, 6.07) is 0.0283. The van der Waals surface area contributed by atoms with E-state index in [0.717, 1.165) is 11.4 Å². The summed E-state index contributed by atoms with van der Waals surface area (Å²) in [5.41, 5.74) is 6.56. The summed E-state index contributed by atoms with van der Waals surface area (Å²) in [4.78, 5) is 8.02. The lowest BCUT2D eigenvalue weighted by atomic mass is 10.2. The molecule has 0 aliphatic carbocycles. The molecule has 0 aliphatic rings. The summed E-state index contributed by atoms with van der Waals surface area (Å²) >= 11 is 0. The molecule has 2 N–H and O–H groups in total. The number of nitrogens with zero attached hydrogens (tertiary/aromatic N) is 2. The first-order valence-corrected chi connectivity index (χ1v) is 3.24. The quantitative estimate of drug-likeness (QED) is 0.766. The zero-order chi connectivity index (χ0) is 7.56. The lowest BCUT2D eigenvalue weighted by Crippen LogP contribution is -2.06. The Morgan fingerprint density at radius 1 is 1.25 bits per heavy atom. The van der Waals surface area contributed by atoms with Crippen LogP contribution in [0.25, 0.3) is 0 Å². The maximum atomic E-state index is 5.58. The molecular weight excluding hydrogens is 197 g/mol. The minimum absolute atomic E-state index is 0. The zero-order valence-corrected chi connectivity index (χ0v) is 8.65. The molecule has 12 heavy (non-hydrogen) atoms. The third-order valence-electron chi connectivity index (χ3n) is 1.33. The molecule has 1 atom stereocenters. The fourth-order valence-corrected chi connectivity index (χ4v) is 0.638. The molecule has 0 saturated carbocycles. The first kappa shape index (κ1) is 14.2. The van der Waals surface area contributed by atoms with Gasteiger partial charge in [0, 0.05) is 24.0 Å². The van der Waals surface area contributed by atoms with E-state index in [1.165, 1.54) is 0 Å². The standard InChI is InChI=1S/C7H11N3.2ClH/c1-5(8)7-3-9-6(2)10-4-7;;/h3-5H,8H2,1-2H3;2*1H. The Morgan fingerprint density at radius 3 is 2.00 bits per heavy atom. The predicted octanol–water partition coefficient (Wildman–Crippen LogP) is 1.65. The Kier molecular flexibility index (Phi) is 7.28. The SMILES string of the molecule is Cc1ncc(C(C)N)cn1.Cl.Cl. The van der Waals surface area contributed by atoms with Crippen molar-refractivity contribution in [3.8, 4) is 0 Å². The van der Waals surface area contributed by atoms with Crippen LogP contribution in [0.2, 0.25) is 0 Å². The van der Waals surface area contributed by atoms with Crippen LogP contribution >= 0.6 is 24.8 Å². The second-order valence-corrected chi connectivity index (χ2v) is 2.35. The van der Waals surface area contributed by atoms with Crippen LogP contribution in [0.1, 0.15) is 24.4 Å². The Bertz CT molecular complexity index is 210. The average Bonchev–Trinajstić information content (AvgIpc) is 1.88. The van der Waals surface area contributed by atoms with E-state index in [4.69, 9.17) is 5.73 Å². The van der Waals surface area contributed by atoms with Gasteiger partial charge in [0.2, 0.25) is 0 Å². The smallest absolute Gasteiger partial charge is 0.125 e. The van der Waals surface area contributed by atoms with Gasteiger partial charge in [0.05, 0.1) is 0 Å². The van der Waals surface area contributed by atoms with Crippen LogP contribution in [0.4, 0.5) is 0 Å².